The van der Waals surface area contributed by atoms with E-state index in [4.69, 9.17) is 35.3 Å². The molecule has 0 unspecified atom stereocenters. The van der Waals surface area contributed by atoms with E-state index in [9.17, 15) is 60.1 Å². The van der Waals surface area contributed by atoms with Gasteiger partial charge in [0.25, 0.3) is 0 Å². The molecule has 0 radical (unpaired) electrons. The number of carbonyl (C=O) groups excluding carboxylic acids is 3. The Morgan fingerprint density at radius 1 is 0.571 bits per heavy atom. The van der Waals surface area contributed by atoms with E-state index in [2.05, 4.69) is 28.6 Å². The van der Waals surface area contributed by atoms with E-state index in [0.29, 0.717) is 63.2 Å². The summed E-state index contributed by atoms with van der Waals surface area (Å²) in [4.78, 5) is 62.4. The summed E-state index contributed by atoms with van der Waals surface area (Å²) in [7, 11) is 6.69. The van der Waals surface area contributed by atoms with E-state index in [-0.39, 0.29) is 64.6 Å². The Morgan fingerprint density at radius 3 is 1.40 bits per heavy atom. The fourth-order valence-corrected chi connectivity index (χ4v) is 11.6. The minimum atomic E-state index is -4.96. The van der Waals surface area contributed by atoms with Gasteiger partial charge in [-0.3, -0.25) is 9.59 Å². The summed E-state index contributed by atoms with van der Waals surface area (Å²) in [6.07, 6.45) is 4.62. The molecule has 0 atom stereocenters. The number of rotatable bonds is 14. The Labute approximate surface area is 487 Å². The predicted molar refractivity (Wildman–Crippen MR) is 293 cm³/mol. The van der Waals surface area contributed by atoms with Crippen molar-refractivity contribution in [2.24, 2.45) is 23.7 Å². The predicted octanol–water partition coefficient (Wildman–Crippen LogP) is 14.1. The first-order valence-corrected chi connectivity index (χ1v) is 28.1. The highest BCUT2D eigenvalue weighted by molar-refractivity contribution is 6.30. The van der Waals surface area contributed by atoms with Gasteiger partial charge >= 0.3 is 24.3 Å². The standard InChI is InChI=1S/C29H34F4N2O6.C23H32FNO5.C7H5ClF3NO/c1-16-4-6-17(7-5-16)27(36)35(18-8-10-19(39-2)11-9-18)22-15-21(30)24(14-20(22)28(37)38)41-26-25(29(31,32)33)23(40-3)12-13-34-26;1-14-4-6-15(7-5-14)22(27)25(16-8-10-17(29-2)11-9-16)20-13-19(24)21(26)12-18(20)23(28)30-3;1-13-4-2-3-12-6(8)5(4)7(9,10)11/h12-19H,4-11H2,1-3H3,(H,37,38);12-17,26H,4-11H2,1-3H3;2-3H,1H3. The van der Waals surface area contributed by atoms with Gasteiger partial charge in [0.05, 0.1) is 56.0 Å². The van der Waals surface area contributed by atoms with Gasteiger partial charge in [-0.25, -0.2) is 28.3 Å². The fourth-order valence-electron chi connectivity index (χ4n) is 11.4. The maximum atomic E-state index is 15.6. The van der Waals surface area contributed by atoms with Crippen molar-refractivity contribution in [2.75, 3.05) is 45.3 Å². The molecule has 4 aromatic rings. The molecule has 0 saturated heterocycles. The van der Waals surface area contributed by atoms with Gasteiger partial charge < -0.3 is 48.4 Å². The van der Waals surface area contributed by atoms with Crippen LogP contribution in [0.15, 0.2) is 48.8 Å². The molecule has 2 aromatic heterocycles. The zero-order valence-corrected chi connectivity index (χ0v) is 48.5. The molecule has 2 N–H and O–H groups in total. The molecular weight excluding hydrogens is 1140 g/mol. The highest BCUT2D eigenvalue weighted by atomic mass is 35.5. The summed E-state index contributed by atoms with van der Waals surface area (Å²) < 4.78 is 138. The van der Waals surface area contributed by atoms with Crippen LogP contribution in [-0.2, 0) is 36.2 Å². The van der Waals surface area contributed by atoms with Crippen LogP contribution in [0.25, 0.3) is 0 Å². The number of aromatic nitrogens is 2. The zero-order chi connectivity index (χ0) is 61.8. The third-order valence-corrected chi connectivity index (χ3v) is 16.4. The van der Waals surface area contributed by atoms with Gasteiger partial charge in [0.15, 0.2) is 28.7 Å². The molecule has 0 bridgehead atoms. The van der Waals surface area contributed by atoms with Crippen molar-refractivity contribution in [1.29, 1.82) is 0 Å². The van der Waals surface area contributed by atoms with E-state index in [1.165, 1.54) is 12.0 Å². The van der Waals surface area contributed by atoms with Crippen LogP contribution >= 0.6 is 11.6 Å². The molecule has 25 heteroatoms. The molecule has 2 aromatic carbocycles. The number of nitrogens with zero attached hydrogens (tertiary/aromatic N) is 4. The second-order valence-electron chi connectivity index (χ2n) is 21.5. The molecule has 2 heterocycles. The summed E-state index contributed by atoms with van der Waals surface area (Å²) in [6, 6.07) is 5.34. The van der Waals surface area contributed by atoms with Crippen LogP contribution in [0.2, 0.25) is 5.15 Å². The van der Waals surface area contributed by atoms with Crippen molar-refractivity contribution in [2.45, 2.75) is 153 Å². The van der Waals surface area contributed by atoms with Crippen molar-refractivity contribution < 1.29 is 92.9 Å². The number of ether oxygens (including phenoxy) is 6. The van der Waals surface area contributed by atoms with E-state index in [1.807, 2.05) is 0 Å². The summed E-state index contributed by atoms with van der Waals surface area (Å²) in [6.45, 7) is 4.30. The third kappa shape index (κ3) is 16.5. The number of aromatic carboxylic acids is 1. The molecule has 2 amide bonds. The first-order chi connectivity index (χ1) is 39.8. The number of alkyl halides is 6. The summed E-state index contributed by atoms with van der Waals surface area (Å²) in [5.41, 5.74) is -2.85. The van der Waals surface area contributed by atoms with Crippen molar-refractivity contribution in [1.82, 2.24) is 9.97 Å². The van der Waals surface area contributed by atoms with Gasteiger partial charge in [-0.15, -0.1) is 0 Å². The number of amides is 2. The van der Waals surface area contributed by atoms with E-state index in [1.54, 1.807) is 19.1 Å². The second kappa shape index (κ2) is 29.5. The van der Waals surface area contributed by atoms with Crippen molar-refractivity contribution >= 4 is 46.7 Å². The first kappa shape index (κ1) is 66.6. The number of carboxylic acids is 1. The molecule has 4 saturated carbocycles. The average molecular weight is 1220 g/mol. The van der Waals surface area contributed by atoms with Gasteiger partial charge in [-0.05, 0) is 133 Å². The van der Waals surface area contributed by atoms with Crippen molar-refractivity contribution in [3.63, 3.8) is 0 Å². The number of carbonyl (C=O) groups is 4. The number of esters is 1. The highest BCUT2D eigenvalue weighted by Crippen LogP contribution is 2.46. The molecule has 8 rings (SSSR count). The number of phenolic OH excluding ortho intramolecular Hbond substituents is 1. The number of phenols is 1. The summed E-state index contributed by atoms with van der Waals surface area (Å²) in [5.74, 6) is -7.30. The molecule has 0 aliphatic heterocycles. The van der Waals surface area contributed by atoms with Crippen LogP contribution in [0.3, 0.4) is 0 Å². The maximum absolute atomic E-state index is 15.6. The second-order valence-corrected chi connectivity index (χ2v) is 21.9. The minimum absolute atomic E-state index is 0.00259. The number of hydrogen-bond acceptors (Lipinski definition) is 13. The molecule has 4 fully saturated rings. The zero-order valence-electron chi connectivity index (χ0n) is 47.7. The largest absolute Gasteiger partial charge is 0.505 e. The number of hydrogen-bond donors (Lipinski definition) is 2. The summed E-state index contributed by atoms with van der Waals surface area (Å²) in [5, 5.41) is 19.4. The molecular formula is C59H71ClF8N4O12. The molecule has 4 aliphatic carbocycles. The van der Waals surface area contributed by atoms with Crippen molar-refractivity contribution in [3.05, 3.63) is 87.8 Å². The number of aromatic hydroxyl groups is 1. The van der Waals surface area contributed by atoms with Crippen LogP contribution < -0.4 is 24.0 Å². The van der Waals surface area contributed by atoms with Crippen LogP contribution in [0.1, 0.15) is 148 Å². The Balaban J connectivity index is 0.000000229. The Hall–Kier alpha value is -6.53. The average Bonchev–Trinajstić information content (AvgIpc) is 2.85. The highest BCUT2D eigenvalue weighted by Gasteiger charge is 2.43. The Bertz CT molecular complexity index is 2900. The molecule has 4 aliphatic rings. The SMILES string of the molecule is COC(=O)c1cc(O)c(F)cc1N(C(=O)C1CCC(C)CC1)C1CCC(OC)CC1.COc1ccnc(Cl)c1C(F)(F)F.COc1ccnc(Oc2cc(C(=O)O)c(N(C(=O)C3CCC(C)CC3)C3CCC(OC)CC3)cc2F)c1C(F)(F)F. The van der Waals surface area contributed by atoms with Gasteiger partial charge in [0.1, 0.15) is 22.2 Å². The lowest BCUT2D eigenvalue weighted by molar-refractivity contribution is -0.140. The lowest BCUT2D eigenvalue weighted by Crippen LogP contribution is -2.47. The van der Waals surface area contributed by atoms with E-state index < -0.39 is 86.9 Å². The lowest BCUT2D eigenvalue weighted by Gasteiger charge is -2.40. The number of anilines is 2. The number of carboxylic acid groups (broad SMARTS) is 1. The van der Waals surface area contributed by atoms with E-state index in [0.717, 1.165) is 114 Å². The first-order valence-electron chi connectivity index (χ1n) is 27.7. The molecule has 16 nitrogen and oxygen atoms in total. The van der Waals surface area contributed by atoms with Crippen LogP contribution in [0.5, 0.6) is 28.9 Å². The van der Waals surface area contributed by atoms with Crippen LogP contribution in [-0.4, -0.2) is 104 Å². The number of methoxy groups -OCH3 is 5. The number of pyridine rings is 2. The topological polar surface area (TPSA) is 196 Å². The minimum Gasteiger partial charge on any atom is -0.505 e. The smallest absolute Gasteiger partial charge is 0.425 e. The van der Waals surface area contributed by atoms with E-state index >= 15 is 4.39 Å². The number of halogens is 9. The Kier molecular flexibility index (Phi) is 23.4. The van der Waals surface area contributed by atoms with Gasteiger partial charge in [0, 0.05) is 68.7 Å². The number of benzene rings is 2. The maximum Gasteiger partial charge on any atom is 0.425 e. The van der Waals surface area contributed by atoms with Crippen LogP contribution in [0, 0.1) is 35.3 Å². The Morgan fingerprint density at radius 2 is 1.00 bits per heavy atom. The molecule has 84 heavy (non-hydrogen) atoms. The third-order valence-electron chi connectivity index (χ3n) is 16.1. The summed E-state index contributed by atoms with van der Waals surface area (Å²) >= 11 is 5.28. The quantitative estimate of drug-likeness (QED) is 0.0687. The monoisotopic (exact) mass is 1210 g/mol. The normalized spacial score (nSPS) is 22.6. The van der Waals surface area contributed by atoms with Gasteiger partial charge in [-0.2, -0.15) is 26.3 Å². The van der Waals surface area contributed by atoms with Gasteiger partial charge in [0.2, 0.25) is 17.7 Å². The lowest BCUT2D eigenvalue weighted by atomic mass is 9.81. The van der Waals surface area contributed by atoms with Crippen LogP contribution in [0.4, 0.5) is 46.5 Å². The fraction of sp³-hybridized carbons (Fsp3) is 0.559. The molecule has 0 spiro atoms. The van der Waals surface area contributed by atoms with Crippen molar-refractivity contribution in [3.8, 4) is 28.9 Å². The molecule has 462 valence electrons. The van der Waals surface area contributed by atoms with Gasteiger partial charge in [-0.1, -0.05) is 25.4 Å².